The second-order valence-corrected chi connectivity index (χ2v) is 14.5. The average Bonchev–Trinajstić information content (AvgIpc) is 3.98. The smallest absolute Gasteiger partial charge is 0.453 e. The SMILES string of the molecule is CC.CN1CCC[C@H]1c1ncc(-c2ccc(-c3ccc(OS(=O)(=O)C(F)(F)F)c4c3C3(CCOC3)CC4)cc2)[nH]1.COC(=O)NC(C=O)C(C)C.SS. The molecule has 294 valence electrons. The van der Waals surface area contributed by atoms with Crippen molar-refractivity contribution in [1.29, 1.82) is 0 Å². The first-order valence-corrected chi connectivity index (χ1v) is 20.3. The highest BCUT2D eigenvalue weighted by Crippen LogP contribution is 2.52. The lowest BCUT2D eigenvalue weighted by Crippen LogP contribution is -2.39. The highest BCUT2D eigenvalue weighted by molar-refractivity contribution is 8.59. The molecule has 11 nitrogen and oxygen atoms in total. The summed E-state index contributed by atoms with van der Waals surface area (Å²) < 4.78 is 77.4. The zero-order valence-electron chi connectivity index (χ0n) is 30.7. The van der Waals surface area contributed by atoms with Crippen molar-refractivity contribution in [2.24, 2.45) is 5.92 Å². The van der Waals surface area contributed by atoms with Crippen molar-refractivity contribution in [1.82, 2.24) is 20.2 Å². The molecule has 2 aliphatic heterocycles. The van der Waals surface area contributed by atoms with Gasteiger partial charge in [-0.05, 0) is 79.9 Å². The molecule has 2 fully saturated rings. The van der Waals surface area contributed by atoms with E-state index in [1.807, 2.05) is 58.2 Å². The van der Waals surface area contributed by atoms with Crippen molar-refractivity contribution in [3.05, 3.63) is 59.5 Å². The maximum absolute atomic E-state index is 13.1. The van der Waals surface area contributed by atoms with Crippen LogP contribution in [0.3, 0.4) is 0 Å². The molecule has 17 heteroatoms. The molecule has 3 aromatic rings. The summed E-state index contributed by atoms with van der Waals surface area (Å²) in [5.74, 6) is 0.782. The van der Waals surface area contributed by atoms with Crippen LogP contribution < -0.4 is 9.50 Å². The standard InChI is InChI=1S/C27H28F3N3O4S.C7H13NO3.C2H6.H2S2/c1-33-13-2-3-22(33)25-31-15-21(32-25)18-6-4-17(5-7-18)19-8-9-23(37-38(34,35)27(28,29)30)20-10-11-26(24(19)20)12-14-36-16-26;1-5(2)6(4-9)8-7(10)11-3;2*1-2/h4-9,15,22H,2-3,10-14,16H2,1H3,(H,31,32);4-6H,1-3H3,(H,8,10);1-2H3;1-2H/t22-,26?;;;/m0.../s1. The number of aromatic amines is 1. The maximum atomic E-state index is 13.1. The summed E-state index contributed by atoms with van der Waals surface area (Å²) in [6.07, 6.45) is 5.97. The fourth-order valence-electron chi connectivity index (χ4n) is 6.75. The number of alkyl halides is 3. The molecule has 3 aliphatic rings. The van der Waals surface area contributed by atoms with Gasteiger partial charge in [0.25, 0.3) is 0 Å². The number of hydrogen-bond donors (Lipinski definition) is 4. The van der Waals surface area contributed by atoms with E-state index < -0.39 is 27.8 Å². The van der Waals surface area contributed by atoms with Gasteiger partial charge >= 0.3 is 21.7 Å². The normalized spacial score (nSPS) is 19.9. The lowest BCUT2D eigenvalue weighted by atomic mass is 9.77. The van der Waals surface area contributed by atoms with Crippen LogP contribution in [0, 0.1) is 5.92 Å². The zero-order chi connectivity index (χ0) is 39.6. The van der Waals surface area contributed by atoms with Crippen LogP contribution in [0.2, 0.25) is 0 Å². The van der Waals surface area contributed by atoms with Crippen LogP contribution in [0.5, 0.6) is 5.75 Å². The number of benzene rings is 2. The summed E-state index contributed by atoms with van der Waals surface area (Å²) in [7, 11) is -2.41. The van der Waals surface area contributed by atoms with E-state index in [2.05, 4.69) is 59.5 Å². The second-order valence-electron chi connectivity index (χ2n) is 13.0. The number of nitrogens with one attached hydrogen (secondary N) is 2. The number of likely N-dealkylation sites (tertiary alicyclic amines) is 1. The molecule has 1 amide bonds. The first-order chi connectivity index (χ1) is 25.2. The number of hydrogen-bond acceptors (Lipinski definition) is 11. The highest BCUT2D eigenvalue weighted by atomic mass is 33.1. The Morgan fingerprint density at radius 3 is 2.32 bits per heavy atom. The monoisotopic (exact) mass is 802 g/mol. The number of imidazole rings is 1. The van der Waals surface area contributed by atoms with Crippen molar-refractivity contribution in [2.45, 2.75) is 82.8 Å². The molecule has 1 aromatic heterocycles. The fraction of sp³-hybridized carbons (Fsp3) is 0.528. The maximum Gasteiger partial charge on any atom is 0.534 e. The van der Waals surface area contributed by atoms with Gasteiger partial charge in [-0.1, -0.05) is 58.0 Å². The molecular formula is C36H49F3N4O7S3. The zero-order valence-corrected chi connectivity index (χ0v) is 33.3. The Bertz CT molecular complexity index is 1760. The molecule has 0 bridgehead atoms. The first-order valence-electron chi connectivity index (χ1n) is 17.3. The minimum absolute atomic E-state index is 0.0894. The number of fused-ring (bicyclic) bond motifs is 2. The van der Waals surface area contributed by atoms with Gasteiger partial charge in [0, 0.05) is 17.6 Å². The van der Waals surface area contributed by atoms with Crippen LogP contribution in [0.1, 0.15) is 76.4 Å². The molecule has 0 radical (unpaired) electrons. The number of alkyl carbamates (subject to hydrolysis) is 1. The van der Waals surface area contributed by atoms with E-state index in [-0.39, 0.29) is 23.1 Å². The predicted molar refractivity (Wildman–Crippen MR) is 205 cm³/mol. The van der Waals surface area contributed by atoms with Gasteiger partial charge < -0.3 is 28.8 Å². The van der Waals surface area contributed by atoms with E-state index in [0.29, 0.717) is 44.3 Å². The third-order valence-corrected chi connectivity index (χ3v) is 10.5. The molecule has 3 atom stereocenters. The number of thiol groups is 2. The van der Waals surface area contributed by atoms with Crippen molar-refractivity contribution in [3.8, 4) is 28.1 Å². The van der Waals surface area contributed by atoms with E-state index in [4.69, 9.17) is 4.74 Å². The number of carbonyl (C=O) groups excluding carboxylic acids is 2. The molecule has 1 aliphatic carbocycles. The van der Waals surface area contributed by atoms with Crippen LogP contribution in [-0.2, 0) is 36.2 Å². The van der Waals surface area contributed by atoms with Crippen molar-refractivity contribution in [2.75, 3.05) is 33.9 Å². The highest BCUT2D eigenvalue weighted by Gasteiger charge is 2.50. The van der Waals surface area contributed by atoms with Gasteiger partial charge in [0.15, 0.2) is 0 Å². The van der Waals surface area contributed by atoms with Gasteiger partial charge in [-0.3, -0.25) is 4.90 Å². The minimum Gasteiger partial charge on any atom is -0.453 e. The van der Waals surface area contributed by atoms with Crippen LogP contribution in [0.4, 0.5) is 18.0 Å². The second kappa shape index (κ2) is 19.4. The Morgan fingerprint density at radius 1 is 1.13 bits per heavy atom. The van der Waals surface area contributed by atoms with Gasteiger partial charge in [-0.25, -0.2) is 9.78 Å². The Labute approximate surface area is 320 Å². The number of ether oxygens (including phenoxy) is 2. The van der Waals surface area contributed by atoms with Crippen LogP contribution in [0.25, 0.3) is 22.4 Å². The largest absolute Gasteiger partial charge is 0.534 e. The molecular weight excluding hydrogens is 754 g/mol. The van der Waals surface area contributed by atoms with Crippen molar-refractivity contribution >= 4 is 45.8 Å². The number of nitrogens with zero attached hydrogens (tertiary/aromatic N) is 2. The summed E-state index contributed by atoms with van der Waals surface area (Å²) in [6.45, 7) is 9.72. The predicted octanol–water partition coefficient (Wildman–Crippen LogP) is 7.70. The molecule has 2 saturated heterocycles. The van der Waals surface area contributed by atoms with E-state index in [0.717, 1.165) is 53.2 Å². The molecule has 53 heavy (non-hydrogen) atoms. The van der Waals surface area contributed by atoms with Gasteiger partial charge in [0.1, 0.15) is 17.9 Å². The third-order valence-electron chi connectivity index (χ3n) is 9.51. The fourth-order valence-corrected chi connectivity index (χ4v) is 7.24. The lowest BCUT2D eigenvalue weighted by Gasteiger charge is -2.26. The Morgan fingerprint density at radius 2 is 1.79 bits per heavy atom. The summed E-state index contributed by atoms with van der Waals surface area (Å²) in [4.78, 5) is 31.3. The van der Waals surface area contributed by atoms with Gasteiger partial charge in [-0.2, -0.15) is 21.6 Å². The number of aromatic nitrogens is 2. The van der Waals surface area contributed by atoms with Crippen molar-refractivity contribution < 1.29 is 44.8 Å². The third kappa shape index (κ3) is 10.3. The number of aldehydes is 1. The summed E-state index contributed by atoms with van der Waals surface area (Å²) in [5.41, 5.74) is -0.923. The van der Waals surface area contributed by atoms with E-state index in [9.17, 15) is 31.2 Å². The van der Waals surface area contributed by atoms with Crippen LogP contribution >= 0.6 is 23.3 Å². The van der Waals surface area contributed by atoms with Crippen molar-refractivity contribution in [3.63, 3.8) is 0 Å². The summed E-state index contributed by atoms with van der Waals surface area (Å²) in [6, 6.07) is 10.7. The van der Waals surface area contributed by atoms with E-state index >= 15 is 0 Å². The summed E-state index contributed by atoms with van der Waals surface area (Å²) >= 11 is 6.44. The number of rotatable bonds is 8. The van der Waals surface area contributed by atoms with Gasteiger partial charge in [0.05, 0.1) is 37.7 Å². The first kappa shape index (κ1) is 44.1. The molecule has 0 saturated carbocycles. The quantitative estimate of drug-likeness (QED) is 0.0594. The van der Waals surface area contributed by atoms with Crippen LogP contribution in [0.15, 0.2) is 42.6 Å². The number of halogens is 3. The Hall–Kier alpha value is -3.25. The number of H-pyrrole nitrogens is 1. The average molecular weight is 803 g/mol. The number of methoxy groups -OCH3 is 1. The number of amides is 1. The minimum atomic E-state index is -5.77. The molecule has 6 rings (SSSR count). The molecule has 2 unspecified atom stereocenters. The lowest BCUT2D eigenvalue weighted by molar-refractivity contribution is -0.110. The van der Waals surface area contributed by atoms with Crippen LogP contribution in [-0.4, -0.2) is 81.1 Å². The molecule has 2 aromatic carbocycles. The Balaban J connectivity index is 0.000000432. The molecule has 3 heterocycles. The van der Waals surface area contributed by atoms with Gasteiger partial charge in [0.2, 0.25) is 0 Å². The Kier molecular flexibility index (Phi) is 16.1. The number of carbonyl (C=O) groups is 2. The summed E-state index contributed by atoms with van der Waals surface area (Å²) in [5, 5.41) is 2.39. The van der Waals surface area contributed by atoms with E-state index in [1.54, 1.807) is 6.07 Å². The molecule has 2 N–H and O–H groups in total. The topological polar surface area (TPSA) is 140 Å². The van der Waals surface area contributed by atoms with Gasteiger partial charge in [-0.15, -0.1) is 23.3 Å². The molecule has 1 spiro atoms. The van der Waals surface area contributed by atoms with E-state index in [1.165, 1.54) is 13.2 Å².